The predicted octanol–water partition coefficient (Wildman–Crippen LogP) is 3.28. The molecule has 0 heterocycles. The molecule has 1 aromatic rings. The van der Waals surface area contributed by atoms with Gasteiger partial charge in [-0.2, -0.15) is 0 Å². The highest BCUT2D eigenvalue weighted by Gasteiger charge is 2.15. The molecule has 0 aromatic heterocycles. The van der Waals surface area contributed by atoms with Gasteiger partial charge in [-0.25, -0.2) is 0 Å². The number of hydrogen-bond acceptors (Lipinski definition) is 2. The molecule has 126 valence electrons. The van der Waals surface area contributed by atoms with Crippen molar-refractivity contribution < 1.29 is 4.79 Å². The van der Waals surface area contributed by atoms with Crippen LogP contribution in [0, 0.1) is 0 Å². The van der Waals surface area contributed by atoms with E-state index in [4.69, 9.17) is 0 Å². The van der Waals surface area contributed by atoms with Crippen molar-refractivity contribution in [1.82, 2.24) is 10.6 Å². The van der Waals surface area contributed by atoms with Crippen LogP contribution in [0.2, 0.25) is 0 Å². The highest BCUT2D eigenvalue weighted by Crippen LogP contribution is 2.17. The Bertz CT molecular complexity index is 524. The standard InChI is InChI=1S/C17H25BrN4O/c1-2-19-17(22-14-5-3-4-6-14)20-12-11-16(23)21-15-9-7-13(18)8-10-15/h7-10,14H,2-6,11-12H2,1H3,(H,21,23)(H2,19,20,22). The second-order valence-corrected chi connectivity index (χ2v) is 6.61. The summed E-state index contributed by atoms with van der Waals surface area (Å²) in [5, 5.41) is 9.57. The van der Waals surface area contributed by atoms with Crippen LogP contribution in [0.15, 0.2) is 33.7 Å². The number of halogens is 1. The van der Waals surface area contributed by atoms with Gasteiger partial charge < -0.3 is 16.0 Å². The van der Waals surface area contributed by atoms with Crippen LogP contribution in [0.4, 0.5) is 5.69 Å². The maximum Gasteiger partial charge on any atom is 0.226 e. The molecule has 1 saturated carbocycles. The zero-order valence-electron chi connectivity index (χ0n) is 13.6. The van der Waals surface area contributed by atoms with Gasteiger partial charge in [0.2, 0.25) is 5.91 Å². The average molecular weight is 381 g/mol. The van der Waals surface area contributed by atoms with E-state index >= 15 is 0 Å². The Hall–Kier alpha value is -1.56. The van der Waals surface area contributed by atoms with Crippen LogP contribution in [0.5, 0.6) is 0 Å². The number of anilines is 1. The van der Waals surface area contributed by atoms with Gasteiger partial charge in [-0.3, -0.25) is 9.79 Å². The first-order valence-corrected chi connectivity index (χ1v) is 9.07. The summed E-state index contributed by atoms with van der Waals surface area (Å²) in [4.78, 5) is 16.4. The summed E-state index contributed by atoms with van der Waals surface area (Å²) in [5.74, 6) is 0.795. The maximum absolute atomic E-state index is 11.9. The highest BCUT2D eigenvalue weighted by molar-refractivity contribution is 9.10. The number of guanidine groups is 1. The first kappa shape index (κ1) is 17.8. The van der Waals surface area contributed by atoms with Gasteiger partial charge in [0.15, 0.2) is 5.96 Å². The lowest BCUT2D eigenvalue weighted by atomic mass is 10.2. The fourth-order valence-corrected chi connectivity index (χ4v) is 2.87. The molecule has 2 rings (SSSR count). The smallest absolute Gasteiger partial charge is 0.226 e. The highest BCUT2D eigenvalue weighted by atomic mass is 79.9. The quantitative estimate of drug-likeness (QED) is 0.524. The van der Waals surface area contributed by atoms with Crippen LogP contribution in [-0.4, -0.2) is 31.0 Å². The summed E-state index contributed by atoms with van der Waals surface area (Å²) in [5.41, 5.74) is 0.804. The van der Waals surface area contributed by atoms with Crippen molar-refractivity contribution in [3.05, 3.63) is 28.7 Å². The van der Waals surface area contributed by atoms with Crippen LogP contribution < -0.4 is 16.0 Å². The summed E-state index contributed by atoms with van der Waals surface area (Å²) in [6, 6.07) is 8.07. The van der Waals surface area contributed by atoms with Gasteiger partial charge in [-0.1, -0.05) is 28.8 Å². The van der Waals surface area contributed by atoms with Gasteiger partial charge in [-0.15, -0.1) is 0 Å². The van der Waals surface area contributed by atoms with Crippen molar-refractivity contribution in [2.24, 2.45) is 4.99 Å². The van der Waals surface area contributed by atoms with E-state index in [1.54, 1.807) is 0 Å². The Morgan fingerprint density at radius 3 is 2.61 bits per heavy atom. The second kappa shape index (κ2) is 9.55. The summed E-state index contributed by atoms with van der Waals surface area (Å²) in [7, 11) is 0. The molecule has 0 aliphatic heterocycles. The van der Waals surface area contributed by atoms with E-state index in [2.05, 4.69) is 36.9 Å². The Morgan fingerprint density at radius 2 is 1.96 bits per heavy atom. The number of carbonyl (C=O) groups excluding carboxylic acids is 1. The Balaban J connectivity index is 1.77. The molecule has 0 radical (unpaired) electrons. The lowest BCUT2D eigenvalue weighted by Crippen LogP contribution is -2.42. The average Bonchev–Trinajstić information content (AvgIpc) is 3.03. The molecule has 0 bridgehead atoms. The molecule has 3 N–H and O–H groups in total. The lowest BCUT2D eigenvalue weighted by Gasteiger charge is -2.16. The van der Waals surface area contributed by atoms with E-state index in [9.17, 15) is 4.79 Å². The van der Waals surface area contributed by atoms with Crippen molar-refractivity contribution >= 4 is 33.5 Å². The second-order valence-electron chi connectivity index (χ2n) is 5.69. The number of hydrogen-bond donors (Lipinski definition) is 3. The van der Waals surface area contributed by atoms with Crippen LogP contribution in [0.3, 0.4) is 0 Å². The minimum Gasteiger partial charge on any atom is -0.357 e. The number of amides is 1. The Kier molecular flexibility index (Phi) is 7.39. The molecule has 1 aliphatic rings. The van der Waals surface area contributed by atoms with Crippen LogP contribution in [0.25, 0.3) is 0 Å². The lowest BCUT2D eigenvalue weighted by molar-refractivity contribution is -0.116. The summed E-state index contributed by atoms with van der Waals surface area (Å²) >= 11 is 3.38. The third-order valence-corrected chi connectivity index (χ3v) is 4.31. The molecule has 1 fully saturated rings. The normalized spacial score (nSPS) is 15.5. The number of carbonyl (C=O) groups is 1. The molecule has 1 aromatic carbocycles. The molecule has 0 saturated heterocycles. The fourth-order valence-electron chi connectivity index (χ4n) is 2.61. The van der Waals surface area contributed by atoms with Gasteiger partial charge in [-0.05, 0) is 44.0 Å². The van der Waals surface area contributed by atoms with E-state index in [0.29, 0.717) is 19.0 Å². The molecule has 0 atom stereocenters. The molecule has 1 aliphatic carbocycles. The number of aliphatic imine (C=N–C) groups is 1. The predicted molar refractivity (Wildman–Crippen MR) is 98.8 cm³/mol. The monoisotopic (exact) mass is 380 g/mol. The van der Waals surface area contributed by atoms with Crippen molar-refractivity contribution in [3.8, 4) is 0 Å². The minimum absolute atomic E-state index is 0.0206. The third-order valence-electron chi connectivity index (χ3n) is 3.78. The molecule has 1 amide bonds. The van der Waals surface area contributed by atoms with E-state index in [1.807, 2.05) is 31.2 Å². The van der Waals surface area contributed by atoms with Gasteiger partial charge >= 0.3 is 0 Å². The summed E-state index contributed by atoms with van der Waals surface area (Å²) in [6.45, 7) is 3.35. The summed E-state index contributed by atoms with van der Waals surface area (Å²) < 4.78 is 0.994. The number of rotatable bonds is 6. The molecule has 0 unspecified atom stereocenters. The molecule has 23 heavy (non-hydrogen) atoms. The largest absolute Gasteiger partial charge is 0.357 e. The first-order chi connectivity index (χ1) is 11.2. The number of benzene rings is 1. The van der Waals surface area contributed by atoms with Gasteiger partial charge in [0.05, 0.1) is 6.54 Å². The SMILES string of the molecule is CCNC(=NCCC(=O)Nc1ccc(Br)cc1)NC1CCCC1. The van der Waals surface area contributed by atoms with Gasteiger partial charge in [0, 0.05) is 29.2 Å². The molecule has 5 nitrogen and oxygen atoms in total. The third kappa shape index (κ3) is 6.60. The van der Waals surface area contributed by atoms with Crippen molar-refractivity contribution in [3.63, 3.8) is 0 Å². The van der Waals surface area contributed by atoms with Gasteiger partial charge in [0.1, 0.15) is 0 Å². The molecular formula is C17H25BrN4O. The first-order valence-electron chi connectivity index (χ1n) is 8.27. The number of nitrogens with one attached hydrogen (secondary N) is 3. The van der Waals surface area contributed by atoms with Crippen molar-refractivity contribution in [2.75, 3.05) is 18.4 Å². The van der Waals surface area contributed by atoms with Gasteiger partial charge in [0.25, 0.3) is 0 Å². The molecular weight excluding hydrogens is 356 g/mol. The van der Waals surface area contributed by atoms with Crippen molar-refractivity contribution in [1.29, 1.82) is 0 Å². The zero-order valence-corrected chi connectivity index (χ0v) is 15.2. The minimum atomic E-state index is -0.0206. The Labute approximate surface area is 146 Å². The van der Waals surface area contributed by atoms with Crippen molar-refractivity contribution in [2.45, 2.75) is 45.1 Å². The molecule has 6 heteroatoms. The van der Waals surface area contributed by atoms with E-state index in [0.717, 1.165) is 22.7 Å². The van der Waals surface area contributed by atoms with E-state index in [1.165, 1.54) is 25.7 Å². The summed E-state index contributed by atoms with van der Waals surface area (Å²) in [6.07, 6.45) is 5.35. The zero-order chi connectivity index (χ0) is 16.5. The fraction of sp³-hybridized carbons (Fsp3) is 0.529. The molecule has 0 spiro atoms. The van der Waals surface area contributed by atoms with E-state index < -0.39 is 0 Å². The van der Waals surface area contributed by atoms with Crippen LogP contribution >= 0.6 is 15.9 Å². The maximum atomic E-state index is 11.9. The Morgan fingerprint density at radius 1 is 1.26 bits per heavy atom. The van der Waals surface area contributed by atoms with E-state index in [-0.39, 0.29) is 5.91 Å². The van der Waals surface area contributed by atoms with Crippen LogP contribution in [0.1, 0.15) is 39.0 Å². The number of nitrogens with zero attached hydrogens (tertiary/aromatic N) is 1. The van der Waals surface area contributed by atoms with Crippen LogP contribution in [-0.2, 0) is 4.79 Å². The topological polar surface area (TPSA) is 65.5 Å².